The second kappa shape index (κ2) is 10.4. The molecule has 0 bridgehead atoms. The van der Waals surface area contributed by atoms with E-state index >= 15 is 0 Å². The molecular weight excluding hydrogens is 497 g/mol. The van der Waals surface area contributed by atoms with Crippen LogP contribution in [-0.2, 0) is 28.1 Å². The highest BCUT2D eigenvalue weighted by atomic mass is 32.2. The Morgan fingerprint density at radius 2 is 1.70 bits per heavy atom. The molecule has 2 aliphatic rings. The van der Waals surface area contributed by atoms with E-state index in [4.69, 9.17) is 0 Å². The summed E-state index contributed by atoms with van der Waals surface area (Å²) in [6, 6.07) is 4.04. The lowest BCUT2D eigenvalue weighted by molar-refractivity contribution is -0.117. The molecule has 2 amide bonds. The molecule has 10 heteroatoms. The molecule has 2 fully saturated rings. The first-order valence-electron chi connectivity index (χ1n) is 12.7. The molecule has 2 aliphatic carbocycles. The second-order valence-corrected chi connectivity index (χ2v) is 12.9. The molecule has 2 N–H and O–H groups in total. The summed E-state index contributed by atoms with van der Waals surface area (Å²) in [6.45, 7) is 3.28. The van der Waals surface area contributed by atoms with Gasteiger partial charge < -0.3 is 15.2 Å². The third kappa shape index (κ3) is 5.95. The SMILES string of the molecule is Cc1cc(NC(=O)c2c(C)c(C(=O)C(=O)NC3CCC(S(C)(=O)=O)CC3)n(C)c2CC2CC2)ccc1F. The van der Waals surface area contributed by atoms with Crippen LogP contribution in [0.3, 0.4) is 0 Å². The third-order valence-electron chi connectivity index (χ3n) is 7.62. The number of halogens is 1. The zero-order chi connectivity index (χ0) is 27.1. The minimum absolute atomic E-state index is 0.165. The molecule has 1 aromatic heterocycles. The minimum Gasteiger partial charge on any atom is -0.346 e. The number of carbonyl (C=O) groups is 3. The fourth-order valence-electron chi connectivity index (χ4n) is 5.26. The molecule has 2 aromatic rings. The lowest BCUT2D eigenvalue weighted by Crippen LogP contribution is -2.43. The fraction of sp³-hybridized carbons (Fsp3) is 0.519. The van der Waals surface area contributed by atoms with E-state index < -0.39 is 32.7 Å². The number of hydrogen-bond donors (Lipinski definition) is 2. The Labute approximate surface area is 216 Å². The topological polar surface area (TPSA) is 114 Å². The second-order valence-electron chi connectivity index (χ2n) is 10.5. The van der Waals surface area contributed by atoms with E-state index in [9.17, 15) is 27.2 Å². The Morgan fingerprint density at radius 1 is 1.05 bits per heavy atom. The van der Waals surface area contributed by atoms with Gasteiger partial charge in [-0.25, -0.2) is 12.8 Å². The summed E-state index contributed by atoms with van der Waals surface area (Å²) in [7, 11) is -1.43. The molecule has 1 heterocycles. The van der Waals surface area contributed by atoms with Crippen molar-refractivity contribution >= 4 is 33.1 Å². The van der Waals surface area contributed by atoms with Crippen LogP contribution in [0.25, 0.3) is 0 Å². The predicted molar refractivity (Wildman–Crippen MR) is 139 cm³/mol. The number of hydrogen-bond acceptors (Lipinski definition) is 5. The van der Waals surface area contributed by atoms with Crippen LogP contribution >= 0.6 is 0 Å². The first-order valence-corrected chi connectivity index (χ1v) is 14.6. The van der Waals surface area contributed by atoms with E-state index in [1.54, 1.807) is 31.5 Å². The standard InChI is InChI=1S/C27H34FN3O5S/c1-15-13-19(9-12-21(15)28)30-26(33)23-16(2)24(31(3)22(23)14-17-5-6-17)25(32)27(34)29-18-7-10-20(11-8-18)37(4,35)36/h9,12-13,17-18,20H,5-8,10-11,14H2,1-4H3,(H,29,34)(H,30,33). The first-order chi connectivity index (χ1) is 17.4. The fourth-order valence-corrected chi connectivity index (χ4v) is 6.39. The Kier molecular flexibility index (Phi) is 7.60. The smallest absolute Gasteiger partial charge is 0.294 e. The number of sulfone groups is 1. The average molecular weight is 532 g/mol. The van der Waals surface area contributed by atoms with Crippen LogP contribution in [0.2, 0.25) is 0 Å². The molecule has 0 aliphatic heterocycles. The summed E-state index contributed by atoms with van der Waals surface area (Å²) in [6.07, 6.45) is 5.79. The van der Waals surface area contributed by atoms with Crippen LogP contribution in [0.4, 0.5) is 10.1 Å². The molecule has 8 nitrogen and oxygen atoms in total. The summed E-state index contributed by atoms with van der Waals surface area (Å²) in [5, 5.41) is 5.17. The van der Waals surface area contributed by atoms with Gasteiger partial charge in [0.15, 0.2) is 0 Å². The van der Waals surface area contributed by atoms with Crippen molar-refractivity contribution in [3.63, 3.8) is 0 Å². The number of nitrogens with one attached hydrogen (secondary N) is 2. The zero-order valence-electron chi connectivity index (χ0n) is 21.7. The number of aryl methyl sites for hydroxylation is 1. The maximum atomic E-state index is 13.7. The first kappa shape index (κ1) is 27.0. The number of nitrogens with zero attached hydrogens (tertiary/aromatic N) is 1. The molecule has 0 atom stereocenters. The Balaban J connectivity index is 1.55. The summed E-state index contributed by atoms with van der Waals surface area (Å²) in [5.41, 5.74) is 2.50. The molecule has 0 saturated heterocycles. The van der Waals surface area contributed by atoms with Gasteiger partial charge in [-0.2, -0.15) is 0 Å². The van der Waals surface area contributed by atoms with Crippen LogP contribution in [-0.4, -0.2) is 48.1 Å². The van der Waals surface area contributed by atoms with Gasteiger partial charge in [-0.15, -0.1) is 0 Å². The van der Waals surface area contributed by atoms with Gasteiger partial charge in [0.2, 0.25) is 0 Å². The number of anilines is 1. The number of ketones is 1. The number of amides is 2. The Morgan fingerprint density at radius 3 is 2.27 bits per heavy atom. The summed E-state index contributed by atoms with van der Waals surface area (Å²) < 4.78 is 38.9. The van der Waals surface area contributed by atoms with Crippen molar-refractivity contribution in [2.75, 3.05) is 11.6 Å². The van der Waals surface area contributed by atoms with Crippen LogP contribution in [0.15, 0.2) is 18.2 Å². The van der Waals surface area contributed by atoms with E-state index in [0.29, 0.717) is 66.1 Å². The number of carbonyl (C=O) groups excluding carboxylic acids is 3. The van der Waals surface area contributed by atoms with Crippen LogP contribution in [0.5, 0.6) is 0 Å². The quantitative estimate of drug-likeness (QED) is 0.399. The van der Waals surface area contributed by atoms with E-state index in [0.717, 1.165) is 12.8 Å². The largest absolute Gasteiger partial charge is 0.346 e. The van der Waals surface area contributed by atoms with Gasteiger partial charge in [0.25, 0.3) is 17.6 Å². The summed E-state index contributed by atoms with van der Waals surface area (Å²) >= 11 is 0. The third-order valence-corrected chi connectivity index (χ3v) is 9.30. The van der Waals surface area contributed by atoms with Crippen molar-refractivity contribution < 1.29 is 27.2 Å². The molecule has 0 radical (unpaired) electrons. The van der Waals surface area contributed by atoms with E-state index in [-0.39, 0.29) is 17.6 Å². The normalized spacial score (nSPS) is 19.9. The van der Waals surface area contributed by atoms with Gasteiger partial charge in [0, 0.05) is 30.7 Å². The maximum absolute atomic E-state index is 13.7. The van der Waals surface area contributed by atoms with Crippen molar-refractivity contribution in [3.8, 4) is 0 Å². The van der Waals surface area contributed by atoms with Crippen LogP contribution in [0, 0.1) is 25.6 Å². The summed E-state index contributed by atoms with van der Waals surface area (Å²) in [5.74, 6) is -1.83. The molecule has 1 aromatic carbocycles. The van der Waals surface area contributed by atoms with E-state index in [2.05, 4.69) is 10.6 Å². The number of benzene rings is 1. The molecule has 4 rings (SSSR count). The van der Waals surface area contributed by atoms with Crippen molar-refractivity contribution in [2.45, 2.75) is 70.1 Å². The van der Waals surface area contributed by atoms with Gasteiger partial charge in [0.1, 0.15) is 15.7 Å². The summed E-state index contributed by atoms with van der Waals surface area (Å²) in [4.78, 5) is 39.6. The van der Waals surface area contributed by atoms with E-state index in [1.165, 1.54) is 18.4 Å². The number of aromatic nitrogens is 1. The van der Waals surface area contributed by atoms with Crippen molar-refractivity contribution in [1.29, 1.82) is 0 Å². The highest BCUT2D eigenvalue weighted by molar-refractivity contribution is 7.91. The highest BCUT2D eigenvalue weighted by Crippen LogP contribution is 2.36. The highest BCUT2D eigenvalue weighted by Gasteiger charge is 2.34. The van der Waals surface area contributed by atoms with Gasteiger partial charge >= 0.3 is 0 Å². The van der Waals surface area contributed by atoms with Crippen molar-refractivity contribution in [2.24, 2.45) is 13.0 Å². The molecule has 0 unspecified atom stereocenters. The molecular formula is C27H34FN3O5S. The van der Waals surface area contributed by atoms with Gasteiger partial charge in [-0.05, 0) is 94.0 Å². The molecule has 37 heavy (non-hydrogen) atoms. The van der Waals surface area contributed by atoms with Gasteiger partial charge in [-0.1, -0.05) is 0 Å². The lowest BCUT2D eigenvalue weighted by atomic mass is 9.94. The van der Waals surface area contributed by atoms with Crippen molar-refractivity contribution in [1.82, 2.24) is 9.88 Å². The van der Waals surface area contributed by atoms with Crippen LogP contribution in [0.1, 0.15) is 76.2 Å². The van der Waals surface area contributed by atoms with Crippen LogP contribution < -0.4 is 10.6 Å². The number of Topliss-reactive ketones (excluding diaryl/α,β-unsaturated/α-hetero) is 1. The van der Waals surface area contributed by atoms with Gasteiger partial charge in [0.05, 0.1) is 16.5 Å². The average Bonchev–Trinajstić information content (AvgIpc) is 3.61. The maximum Gasteiger partial charge on any atom is 0.294 e. The lowest BCUT2D eigenvalue weighted by Gasteiger charge is -2.27. The molecule has 200 valence electrons. The number of rotatable bonds is 8. The Bertz CT molecular complexity index is 1350. The van der Waals surface area contributed by atoms with E-state index in [1.807, 2.05) is 0 Å². The minimum atomic E-state index is -3.13. The Hall–Kier alpha value is -3.01. The van der Waals surface area contributed by atoms with Gasteiger partial charge in [-0.3, -0.25) is 14.4 Å². The molecule has 2 saturated carbocycles. The van der Waals surface area contributed by atoms with Crippen molar-refractivity contribution in [3.05, 3.63) is 52.1 Å². The predicted octanol–water partition coefficient (Wildman–Crippen LogP) is 3.64. The zero-order valence-corrected chi connectivity index (χ0v) is 22.5. The molecule has 0 spiro atoms. The monoisotopic (exact) mass is 531 g/mol.